The summed E-state index contributed by atoms with van der Waals surface area (Å²) in [5.74, 6) is -4.10. The van der Waals surface area contributed by atoms with Crippen LogP contribution in [0.1, 0.15) is 85.5 Å². The number of aliphatic hydroxyl groups excluding tert-OH is 2. The Morgan fingerprint density at radius 2 is 1.73 bits per heavy atom. The number of methoxy groups -OCH3 is 1. The van der Waals surface area contributed by atoms with Gasteiger partial charge in [0, 0.05) is 54.3 Å². The molecule has 6 N–H and O–H groups in total. The Morgan fingerprint density at radius 1 is 1.05 bits per heavy atom. The number of primary amides is 1. The predicted octanol–water partition coefficient (Wildman–Crippen LogP) is 3.95. The van der Waals surface area contributed by atoms with Gasteiger partial charge in [-0.1, -0.05) is 32.3 Å². The molecule has 0 radical (unpaired) electrons. The maximum atomic E-state index is 15.2. The second kappa shape index (κ2) is 19.7. The highest BCUT2D eigenvalue weighted by atomic mass is 19.2. The number of nitrogens with one attached hydrogen (secondary N) is 2. The number of alkyl halides is 4. The number of azide groups is 1. The van der Waals surface area contributed by atoms with E-state index in [4.69, 9.17) is 20.8 Å². The number of hydrogen-bond acceptors (Lipinski definition) is 10. The van der Waals surface area contributed by atoms with Crippen molar-refractivity contribution in [1.29, 1.82) is 0 Å². The third-order valence-electron chi connectivity index (χ3n) is 16.6. The molecule has 15 nitrogen and oxygen atoms in total. The van der Waals surface area contributed by atoms with Crippen LogP contribution in [0.15, 0.2) is 5.11 Å². The highest BCUT2D eigenvalue weighted by Crippen LogP contribution is 2.61. The summed E-state index contributed by atoms with van der Waals surface area (Å²) in [6, 6.07) is -4.76. The summed E-state index contributed by atoms with van der Waals surface area (Å²) in [4.78, 5) is 51.6. The lowest BCUT2D eigenvalue weighted by atomic mass is 9.45. The van der Waals surface area contributed by atoms with Crippen LogP contribution in [0, 0.1) is 58.7 Å². The fraction of sp³-hybridized carbons (Fsp3) is 0.930. The monoisotopic (exact) mass is 887 g/mol. The number of ether oxygens (including phenoxy) is 1. The second-order valence-electron chi connectivity index (χ2n) is 20.4. The summed E-state index contributed by atoms with van der Waals surface area (Å²) in [7, 11) is 5.46. The van der Waals surface area contributed by atoms with E-state index in [-0.39, 0.29) is 59.8 Å². The Morgan fingerprint density at radius 3 is 2.27 bits per heavy atom. The fourth-order valence-electron chi connectivity index (χ4n) is 12.9. The molecule has 19 heteroatoms. The van der Waals surface area contributed by atoms with E-state index in [2.05, 4.69) is 41.4 Å². The van der Waals surface area contributed by atoms with E-state index in [1.807, 2.05) is 19.0 Å². The van der Waals surface area contributed by atoms with Gasteiger partial charge in [-0.3, -0.25) is 19.2 Å². The quantitative estimate of drug-likeness (QED) is 0.0696. The summed E-state index contributed by atoms with van der Waals surface area (Å²) in [5, 5.41) is 31.8. The number of amides is 3. The van der Waals surface area contributed by atoms with Gasteiger partial charge in [0.15, 0.2) is 0 Å². The van der Waals surface area contributed by atoms with Crippen molar-refractivity contribution in [2.75, 3.05) is 34.4 Å². The zero-order chi connectivity index (χ0) is 45.5. The molecular formula is C43H70F4N8O7. The van der Waals surface area contributed by atoms with Crippen molar-refractivity contribution in [3.8, 4) is 0 Å². The molecule has 6 saturated carbocycles. The number of fused-ring (bicyclic) bond motifs is 2. The average molecular weight is 887 g/mol. The van der Waals surface area contributed by atoms with Crippen molar-refractivity contribution in [2.24, 2.45) is 69.5 Å². The van der Waals surface area contributed by atoms with Crippen molar-refractivity contribution >= 4 is 17.7 Å². The minimum absolute atomic E-state index is 0.00863. The number of nitrogens with zero attached hydrogens (tertiary/aromatic N) is 5. The van der Waals surface area contributed by atoms with Crippen molar-refractivity contribution < 1.29 is 51.7 Å². The molecule has 6 aliphatic carbocycles. The van der Waals surface area contributed by atoms with Crippen molar-refractivity contribution in [2.45, 2.75) is 159 Å². The second-order valence-corrected chi connectivity index (χ2v) is 20.4. The lowest BCUT2D eigenvalue weighted by molar-refractivity contribution is -0.193. The molecule has 62 heavy (non-hydrogen) atoms. The number of carbonyl (C=O) groups is 3. The molecule has 1 aliphatic heterocycles. The average Bonchev–Trinajstić information content (AvgIpc) is 3.61. The molecule has 7 rings (SSSR count). The Kier molecular flexibility index (Phi) is 15.5. The number of aliphatic hydroxyl groups is 2. The number of halogens is 4. The standard InChI is InChI=1S/C43H70F4N8O7/c1-19-28-14-24(43(28,3)4)15-29(19)50-42(60)38-32(20(2)57)31(18-56)62-55(38)17-21-9-8-10-26(39(21)61-7)22-11-23(13-25(12-22)54(5)6)41(59)51-30(40(48)58)16-27-33(44)35(46)37(52-53-49)36(47)34(27)45/h19-39,56-57H,8-18H2,1-7H3,(H2,48,58)(H,50,60)(H,51,59)/t19-,20-,21?,22?,23?,24+,25?,26?,27?,28-,29-,30-,31-,32+,33?,34?,35?,36?,37?,38-,39?/m0/s1. The molecule has 2 bridgehead atoms. The van der Waals surface area contributed by atoms with Gasteiger partial charge in [-0.2, -0.15) is 5.06 Å². The van der Waals surface area contributed by atoms with Crippen LogP contribution in [-0.2, 0) is 24.0 Å². The molecule has 1 heterocycles. The van der Waals surface area contributed by atoms with Gasteiger partial charge >= 0.3 is 0 Å². The van der Waals surface area contributed by atoms with Gasteiger partial charge in [-0.25, -0.2) is 17.6 Å². The number of hydroxylamine groups is 2. The van der Waals surface area contributed by atoms with E-state index >= 15 is 8.78 Å². The molecule has 10 unspecified atom stereocenters. The van der Waals surface area contributed by atoms with Crippen LogP contribution in [0.25, 0.3) is 10.4 Å². The zero-order valence-electron chi connectivity index (χ0n) is 37.2. The van der Waals surface area contributed by atoms with Crippen LogP contribution in [0.4, 0.5) is 17.6 Å². The van der Waals surface area contributed by atoms with E-state index in [1.165, 1.54) is 0 Å². The minimum atomic E-state index is -2.66. The van der Waals surface area contributed by atoms with Crippen LogP contribution in [-0.4, -0.2) is 145 Å². The Hall–Kier alpha value is -2.80. The van der Waals surface area contributed by atoms with Crippen molar-refractivity contribution in [3.63, 3.8) is 0 Å². The van der Waals surface area contributed by atoms with Crippen LogP contribution in [0.3, 0.4) is 0 Å². The molecule has 1 saturated heterocycles. The molecule has 0 spiro atoms. The summed E-state index contributed by atoms with van der Waals surface area (Å²) >= 11 is 0. The van der Waals surface area contributed by atoms with Crippen LogP contribution >= 0.6 is 0 Å². The van der Waals surface area contributed by atoms with Gasteiger partial charge in [-0.05, 0) is 113 Å². The van der Waals surface area contributed by atoms with Gasteiger partial charge in [0.25, 0.3) is 0 Å². The number of carbonyl (C=O) groups excluding carboxylic acids is 3. The molecule has 3 amide bonds. The van der Waals surface area contributed by atoms with E-state index in [0.29, 0.717) is 31.2 Å². The Balaban J connectivity index is 1.16. The van der Waals surface area contributed by atoms with E-state index in [1.54, 1.807) is 19.1 Å². The van der Waals surface area contributed by atoms with Crippen LogP contribution in [0.5, 0.6) is 0 Å². The van der Waals surface area contributed by atoms with Crippen molar-refractivity contribution in [3.05, 3.63) is 10.4 Å². The largest absolute Gasteiger partial charge is 0.394 e. The predicted molar refractivity (Wildman–Crippen MR) is 220 cm³/mol. The zero-order valence-corrected chi connectivity index (χ0v) is 37.2. The van der Waals surface area contributed by atoms with E-state index in [9.17, 15) is 33.4 Å². The molecule has 19 atom stereocenters. The minimum Gasteiger partial charge on any atom is -0.394 e. The fourth-order valence-corrected chi connectivity index (χ4v) is 12.9. The SMILES string of the molecule is COC1C(CN2O[C@@H](CO)[C@@H]([C@H](C)O)[C@H]2C(=O)N[C@H]2C[C@H]3C[C@@H]([C@@H]2C)C3(C)C)CCCC1C1CC(C(=O)N[C@@H](CC2C(F)C(F)C(N=[N+]=[N-])C(F)C2F)C(N)=O)CC(N(C)C)C1. The summed E-state index contributed by atoms with van der Waals surface area (Å²) in [6.45, 7) is 8.35. The van der Waals surface area contributed by atoms with Crippen LogP contribution < -0.4 is 16.4 Å². The lowest BCUT2D eigenvalue weighted by Gasteiger charge is -2.62. The highest BCUT2D eigenvalue weighted by Gasteiger charge is 2.58. The number of nitrogens with two attached hydrogens (primary N) is 1. The molecule has 0 aromatic heterocycles. The number of rotatable bonds is 15. The third kappa shape index (κ3) is 9.46. The van der Waals surface area contributed by atoms with E-state index in [0.717, 1.165) is 38.5 Å². The van der Waals surface area contributed by atoms with Crippen LogP contribution in [0.2, 0.25) is 0 Å². The van der Waals surface area contributed by atoms with Gasteiger partial charge in [0.1, 0.15) is 48.9 Å². The van der Waals surface area contributed by atoms with Crippen molar-refractivity contribution in [1.82, 2.24) is 20.6 Å². The first kappa shape index (κ1) is 48.7. The molecular weight excluding hydrogens is 817 g/mol. The normalized spacial score (nSPS) is 44.1. The van der Waals surface area contributed by atoms with Gasteiger partial charge in [0.2, 0.25) is 17.7 Å². The molecule has 0 aromatic carbocycles. The summed E-state index contributed by atoms with van der Waals surface area (Å²) in [5.41, 5.74) is 14.5. The van der Waals surface area contributed by atoms with Gasteiger partial charge in [-0.15, -0.1) is 0 Å². The molecule has 7 fully saturated rings. The topological polar surface area (TPSA) is 215 Å². The highest BCUT2D eigenvalue weighted by molar-refractivity contribution is 5.87. The molecule has 0 aromatic rings. The van der Waals surface area contributed by atoms with E-state index < -0.39 is 91.0 Å². The Labute approximate surface area is 362 Å². The Bertz CT molecular complexity index is 1630. The summed E-state index contributed by atoms with van der Waals surface area (Å²) in [6.07, 6.45) is -7.44. The number of hydrogen-bond donors (Lipinski definition) is 5. The maximum Gasteiger partial charge on any atom is 0.240 e. The first-order valence-corrected chi connectivity index (χ1v) is 22.7. The first-order valence-electron chi connectivity index (χ1n) is 22.7. The maximum absolute atomic E-state index is 15.2. The van der Waals surface area contributed by atoms with Gasteiger partial charge in [0.05, 0.1) is 18.8 Å². The lowest BCUT2D eigenvalue weighted by Crippen LogP contribution is -2.62. The summed E-state index contributed by atoms with van der Waals surface area (Å²) < 4.78 is 66.3. The molecule has 7 aliphatic rings. The third-order valence-corrected chi connectivity index (χ3v) is 16.6. The molecule has 352 valence electrons. The van der Waals surface area contributed by atoms with Gasteiger partial charge < -0.3 is 36.2 Å². The first-order chi connectivity index (χ1) is 29.2. The smallest absolute Gasteiger partial charge is 0.240 e.